The first-order chi connectivity index (χ1) is 6.95. The Labute approximate surface area is 84.7 Å². The Kier molecular flexibility index (Phi) is 3.51. The van der Waals surface area contributed by atoms with E-state index in [-0.39, 0.29) is 0 Å². The van der Waals surface area contributed by atoms with Crippen LogP contribution in [0.4, 0.5) is 0 Å². The molecule has 1 aliphatic rings. The zero-order valence-corrected chi connectivity index (χ0v) is 8.52. The molecule has 4 nitrogen and oxygen atoms in total. The van der Waals surface area contributed by atoms with Gasteiger partial charge in [-0.1, -0.05) is 12.8 Å². The molecule has 1 aliphatic carbocycles. The van der Waals surface area contributed by atoms with E-state index in [9.17, 15) is 0 Å². The standard InChI is InChI=1S/C10H18N4/c1-2-4-10(3-1)7-11-5-6-14-9-12-8-13-14/h8-11H,1-7H2. The predicted octanol–water partition coefficient (Wildman–Crippen LogP) is 1.06. The van der Waals surface area contributed by atoms with E-state index in [1.54, 1.807) is 12.7 Å². The minimum Gasteiger partial charge on any atom is -0.315 e. The third-order valence-electron chi connectivity index (χ3n) is 2.89. The number of nitrogens with zero attached hydrogens (tertiary/aromatic N) is 3. The maximum Gasteiger partial charge on any atom is 0.137 e. The fraction of sp³-hybridized carbons (Fsp3) is 0.800. The molecular weight excluding hydrogens is 176 g/mol. The first kappa shape index (κ1) is 9.65. The van der Waals surface area contributed by atoms with Gasteiger partial charge in [-0.3, -0.25) is 4.68 Å². The van der Waals surface area contributed by atoms with E-state index in [4.69, 9.17) is 0 Å². The number of hydrogen-bond acceptors (Lipinski definition) is 3. The first-order valence-corrected chi connectivity index (χ1v) is 5.48. The highest BCUT2D eigenvalue weighted by Gasteiger charge is 2.13. The highest BCUT2D eigenvalue weighted by atomic mass is 15.3. The molecule has 0 unspecified atom stereocenters. The molecule has 4 heteroatoms. The van der Waals surface area contributed by atoms with Gasteiger partial charge in [-0.15, -0.1) is 0 Å². The number of aromatic nitrogens is 3. The highest BCUT2D eigenvalue weighted by Crippen LogP contribution is 2.23. The van der Waals surface area contributed by atoms with Crippen molar-refractivity contribution < 1.29 is 0 Å². The van der Waals surface area contributed by atoms with Gasteiger partial charge in [-0.2, -0.15) is 5.10 Å². The normalized spacial score (nSPS) is 17.7. The molecule has 0 spiro atoms. The van der Waals surface area contributed by atoms with Gasteiger partial charge in [0, 0.05) is 6.54 Å². The smallest absolute Gasteiger partial charge is 0.137 e. The Hall–Kier alpha value is -0.900. The Morgan fingerprint density at radius 1 is 1.36 bits per heavy atom. The van der Waals surface area contributed by atoms with Gasteiger partial charge in [0.25, 0.3) is 0 Å². The van der Waals surface area contributed by atoms with E-state index in [0.717, 1.165) is 19.0 Å². The molecule has 0 atom stereocenters. The molecule has 1 aromatic heterocycles. The maximum atomic E-state index is 4.05. The zero-order valence-electron chi connectivity index (χ0n) is 8.52. The lowest BCUT2D eigenvalue weighted by Gasteiger charge is -2.09. The fourth-order valence-electron chi connectivity index (χ4n) is 2.06. The summed E-state index contributed by atoms with van der Waals surface area (Å²) >= 11 is 0. The van der Waals surface area contributed by atoms with Crippen molar-refractivity contribution in [2.45, 2.75) is 32.2 Å². The number of rotatable bonds is 5. The van der Waals surface area contributed by atoms with Gasteiger partial charge in [0.1, 0.15) is 12.7 Å². The summed E-state index contributed by atoms with van der Waals surface area (Å²) in [5, 5.41) is 7.53. The SMILES string of the molecule is c1ncn(CCNCC2CCCC2)n1. The van der Waals surface area contributed by atoms with Crippen molar-refractivity contribution in [1.82, 2.24) is 20.1 Å². The third kappa shape index (κ3) is 2.80. The maximum absolute atomic E-state index is 4.05. The van der Waals surface area contributed by atoms with Crippen LogP contribution in [0, 0.1) is 5.92 Å². The average molecular weight is 194 g/mol. The van der Waals surface area contributed by atoms with Crippen LogP contribution in [0.2, 0.25) is 0 Å². The van der Waals surface area contributed by atoms with E-state index in [1.165, 1.54) is 32.2 Å². The van der Waals surface area contributed by atoms with Gasteiger partial charge >= 0.3 is 0 Å². The molecule has 1 aromatic rings. The monoisotopic (exact) mass is 194 g/mol. The summed E-state index contributed by atoms with van der Waals surface area (Å²) in [5.41, 5.74) is 0. The molecule has 0 aliphatic heterocycles. The summed E-state index contributed by atoms with van der Waals surface area (Å²) in [5.74, 6) is 0.922. The fourth-order valence-corrected chi connectivity index (χ4v) is 2.06. The second-order valence-electron chi connectivity index (χ2n) is 4.01. The van der Waals surface area contributed by atoms with E-state index in [1.807, 2.05) is 4.68 Å². The molecule has 0 radical (unpaired) electrons. The molecule has 0 amide bonds. The summed E-state index contributed by atoms with van der Waals surface area (Å²) in [4.78, 5) is 3.90. The minimum atomic E-state index is 0.922. The lowest BCUT2D eigenvalue weighted by atomic mass is 10.1. The van der Waals surface area contributed by atoms with Gasteiger partial charge in [-0.05, 0) is 25.3 Å². The molecule has 1 heterocycles. The van der Waals surface area contributed by atoms with Crippen LogP contribution in [-0.2, 0) is 6.54 Å². The molecule has 1 saturated carbocycles. The summed E-state index contributed by atoms with van der Waals surface area (Å²) in [6, 6.07) is 0. The van der Waals surface area contributed by atoms with Crippen LogP contribution in [-0.4, -0.2) is 27.9 Å². The van der Waals surface area contributed by atoms with E-state index >= 15 is 0 Å². The third-order valence-corrected chi connectivity index (χ3v) is 2.89. The van der Waals surface area contributed by atoms with Gasteiger partial charge < -0.3 is 5.32 Å². The Bertz CT molecular complexity index is 239. The molecule has 0 aromatic carbocycles. The molecule has 1 N–H and O–H groups in total. The molecule has 2 rings (SSSR count). The van der Waals surface area contributed by atoms with Crippen LogP contribution in [0.5, 0.6) is 0 Å². The molecule has 1 fully saturated rings. The first-order valence-electron chi connectivity index (χ1n) is 5.48. The number of hydrogen-bond donors (Lipinski definition) is 1. The van der Waals surface area contributed by atoms with E-state index in [2.05, 4.69) is 15.4 Å². The van der Waals surface area contributed by atoms with Crippen LogP contribution < -0.4 is 5.32 Å². The summed E-state index contributed by atoms with van der Waals surface area (Å²) < 4.78 is 1.86. The highest BCUT2D eigenvalue weighted by molar-refractivity contribution is 4.69. The molecule has 78 valence electrons. The average Bonchev–Trinajstić information content (AvgIpc) is 2.86. The summed E-state index contributed by atoms with van der Waals surface area (Å²) in [7, 11) is 0. The van der Waals surface area contributed by atoms with Crippen LogP contribution in [0.15, 0.2) is 12.7 Å². The summed E-state index contributed by atoms with van der Waals surface area (Å²) in [6.07, 6.45) is 9.02. The van der Waals surface area contributed by atoms with Crippen molar-refractivity contribution in [3.63, 3.8) is 0 Å². The predicted molar refractivity (Wildman–Crippen MR) is 54.8 cm³/mol. The zero-order chi connectivity index (χ0) is 9.64. The van der Waals surface area contributed by atoms with E-state index in [0.29, 0.717) is 0 Å². The quantitative estimate of drug-likeness (QED) is 0.713. The Balaban J connectivity index is 1.55. The van der Waals surface area contributed by atoms with Crippen molar-refractivity contribution in [1.29, 1.82) is 0 Å². The van der Waals surface area contributed by atoms with Crippen molar-refractivity contribution in [3.8, 4) is 0 Å². The topological polar surface area (TPSA) is 42.7 Å². The van der Waals surface area contributed by atoms with Crippen molar-refractivity contribution in [3.05, 3.63) is 12.7 Å². The lowest BCUT2D eigenvalue weighted by Crippen LogP contribution is -2.25. The lowest BCUT2D eigenvalue weighted by molar-refractivity contribution is 0.467. The molecule has 0 saturated heterocycles. The molecule has 0 bridgehead atoms. The van der Waals surface area contributed by atoms with Crippen LogP contribution in [0.25, 0.3) is 0 Å². The number of nitrogens with one attached hydrogen (secondary N) is 1. The van der Waals surface area contributed by atoms with Crippen molar-refractivity contribution in [2.75, 3.05) is 13.1 Å². The van der Waals surface area contributed by atoms with Gasteiger partial charge in [0.05, 0.1) is 6.54 Å². The second-order valence-corrected chi connectivity index (χ2v) is 4.01. The second kappa shape index (κ2) is 5.10. The Morgan fingerprint density at radius 3 is 2.93 bits per heavy atom. The van der Waals surface area contributed by atoms with Crippen molar-refractivity contribution in [2.24, 2.45) is 5.92 Å². The van der Waals surface area contributed by atoms with Crippen LogP contribution >= 0.6 is 0 Å². The van der Waals surface area contributed by atoms with Crippen LogP contribution in [0.1, 0.15) is 25.7 Å². The molecular formula is C10H18N4. The van der Waals surface area contributed by atoms with Gasteiger partial charge in [-0.25, -0.2) is 4.98 Å². The van der Waals surface area contributed by atoms with Crippen LogP contribution in [0.3, 0.4) is 0 Å². The minimum absolute atomic E-state index is 0.922. The van der Waals surface area contributed by atoms with Gasteiger partial charge in [0.15, 0.2) is 0 Å². The largest absolute Gasteiger partial charge is 0.315 e. The van der Waals surface area contributed by atoms with Crippen molar-refractivity contribution >= 4 is 0 Å². The van der Waals surface area contributed by atoms with Gasteiger partial charge in [0.2, 0.25) is 0 Å². The summed E-state index contributed by atoms with van der Waals surface area (Å²) in [6.45, 7) is 3.10. The van der Waals surface area contributed by atoms with E-state index < -0.39 is 0 Å². The Morgan fingerprint density at radius 2 is 2.21 bits per heavy atom. The molecule has 14 heavy (non-hydrogen) atoms.